The van der Waals surface area contributed by atoms with Gasteiger partial charge in [0.1, 0.15) is 9.88 Å². The van der Waals surface area contributed by atoms with Crippen molar-refractivity contribution in [1.82, 2.24) is 15.6 Å². The summed E-state index contributed by atoms with van der Waals surface area (Å²) in [6.07, 6.45) is 3.06. The van der Waals surface area contributed by atoms with Gasteiger partial charge in [-0.1, -0.05) is 0 Å². The molecule has 0 saturated carbocycles. The van der Waals surface area contributed by atoms with Gasteiger partial charge < -0.3 is 24.8 Å². The van der Waals surface area contributed by atoms with E-state index in [2.05, 4.69) is 20.6 Å². The summed E-state index contributed by atoms with van der Waals surface area (Å²) in [5.41, 5.74) is 0.700. The van der Waals surface area contributed by atoms with E-state index < -0.39 is 0 Å². The van der Waals surface area contributed by atoms with Crippen LogP contribution in [0.5, 0.6) is 0 Å². The average molecular weight is 441 g/mol. The van der Waals surface area contributed by atoms with Crippen LogP contribution in [-0.4, -0.2) is 63.0 Å². The Morgan fingerprint density at radius 1 is 1.37 bits per heavy atom. The maximum Gasteiger partial charge on any atom is 0.350 e. The summed E-state index contributed by atoms with van der Waals surface area (Å²) in [6, 6.07) is -0.0700. The monoisotopic (exact) mass is 440 g/mol. The number of rotatable bonds is 11. The van der Waals surface area contributed by atoms with Crippen LogP contribution in [0.15, 0.2) is 4.99 Å². The number of aryl methyl sites for hydroxylation is 1. The van der Waals surface area contributed by atoms with Crippen LogP contribution in [0.25, 0.3) is 0 Å². The summed E-state index contributed by atoms with van der Waals surface area (Å²) in [4.78, 5) is 21.8. The molecule has 2 rings (SSSR count). The van der Waals surface area contributed by atoms with Gasteiger partial charge in [-0.15, -0.1) is 11.3 Å². The molecule has 1 unspecified atom stereocenters. The molecular formula is C21H36N4O4S. The highest BCUT2D eigenvalue weighted by atomic mass is 32.1. The first-order valence-electron chi connectivity index (χ1n) is 10.9. The van der Waals surface area contributed by atoms with E-state index in [4.69, 9.17) is 14.2 Å². The molecule has 8 nitrogen and oxygen atoms in total. The molecule has 1 atom stereocenters. The van der Waals surface area contributed by atoms with Crippen molar-refractivity contribution in [1.29, 1.82) is 0 Å². The van der Waals surface area contributed by atoms with Crippen molar-refractivity contribution in [2.75, 3.05) is 46.1 Å². The summed E-state index contributed by atoms with van der Waals surface area (Å²) in [7, 11) is 0. The van der Waals surface area contributed by atoms with Crippen molar-refractivity contribution in [3.8, 4) is 0 Å². The maximum atomic E-state index is 12.0. The molecule has 0 aliphatic carbocycles. The summed E-state index contributed by atoms with van der Waals surface area (Å²) >= 11 is 1.36. The van der Waals surface area contributed by atoms with Crippen molar-refractivity contribution >= 4 is 23.3 Å². The number of guanidine groups is 1. The van der Waals surface area contributed by atoms with Gasteiger partial charge in [0, 0.05) is 39.5 Å². The zero-order valence-corrected chi connectivity index (χ0v) is 19.5. The third-order valence-corrected chi connectivity index (χ3v) is 6.07. The number of esters is 1. The van der Waals surface area contributed by atoms with E-state index in [1.54, 1.807) is 6.92 Å². The Hall–Kier alpha value is -1.71. The predicted molar refractivity (Wildman–Crippen MR) is 119 cm³/mol. The van der Waals surface area contributed by atoms with Crippen LogP contribution in [0.1, 0.15) is 66.4 Å². The molecule has 0 radical (unpaired) electrons. The first-order valence-corrected chi connectivity index (χ1v) is 11.7. The maximum absolute atomic E-state index is 12.0. The molecule has 2 heterocycles. The van der Waals surface area contributed by atoms with Crippen LogP contribution in [0.3, 0.4) is 0 Å². The second-order valence-electron chi connectivity index (χ2n) is 7.30. The smallest absolute Gasteiger partial charge is 0.350 e. The molecule has 1 aliphatic heterocycles. The number of aromatic nitrogens is 1. The molecule has 1 fully saturated rings. The Kier molecular flexibility index (Phi) is 11.1. The Morgan fingerprint density at radius 2 is 2.13 bits per heavy atom. The minimum Gasteiger partial charge on any atom is -0.462 e. The minimum absolute atomic E-state index is 0.0700. The van der Waals surface area contributed by atoms with Gasteiger partial charge in [0.15, 0.2) is 5.96 Å². The quantitative estimate of drug-likeness (QED) is 0.236. The molecule has 170 valence electrons. The lowest BCUT2D eigenvalue weighted by atomic mass is 10.0. The fourth-order valence-electron chi connectivity index (χ4n) is 3.10. The number of carbonyl (C=O) groups is 1. The van der Waals surface area contributed by atoms with Crippen LogP contribution in [0.2, 0.25) is 0 Å². The highest BCUT2D eigenvalue weighted by molar-refractivity contribution is 7.13. The van der Waals surface area contributed by atoms with Crippen LogP contribution < -0.4 is 10.6 Å². The molecule has 0 bridgehead atoms. The number of nitrogens with one attached hydrogen (secondary N) is 2. The zero-order valence-electron chi connectivity index (χ0n) is 18.7. The molecule has 1 saturated heterocycles. The van der Waals surface area contributed by atoms with Gasteiger partial charge in [0.05, 0.1) is 18.3 Å². The molecule has 0 amide bonds. The zero-order chi connectivity index (χ0) is 21.8. The number of hydrogen-bond acceptors (Lipinski definition) is 7. The summed E-state index contributed by atoms with van der Waals surface area (Å²) in [5.74, 6) is 1.05. The molecular weight excluding hydrogens is 404 g/mol. The second kappa shape index (κ2) is 13.6. The number of nitrogens with zero attached hydrogens (tertiary/aromatic N) is 2. The SMILES string of the molecule is CCNC(=NCCCOCC1CCOCC1)NC(C)c1nc(C)c(C(=O)OCC)s1. The average Bonchev–Trinajstić information content (AvgIpc) is 3.13. The first-order chi connectivity index (χ1) is 14.5. The molecule has 0 aromatic carbocycles. The van der Waals surface area contributed by atoms with Crippen molar-refractivity contribution in [2.24, 2.45) is 10.9 Å². The Balaban J connectivity index is 1.79. The molecule has 30 heavy (non-hydrogen) atoms. The second-order valence-corrected chi connectivity index (χ2v) is 8.33. The van der Waals surface area contributed by atoms with E-state index in [0.717, 1.165) is 56.6 Å². The number of thiazole rings is 1. The minimum atomic E-state index is -0.313. The Labute approximate surface area is 183 Å². The molecule has 1 aromatic heterocycles. The van der Waals surface area contributed by atoms with Crippen LogP contribution in [-0.2, 0) is 14.2 Å². The Bertz CT molecular complexity index is 674. The van der Waals surface area contributed by atoms with Gasteiger partial charge in [0.2, 0.25) is 0 Å². The van der Waals surface area contributed by atoms with Gasteiger partial charge >= 0.3 is 5.97 Å². The van der Waals surface area contributed by atoms with Gasteiger partial charge in [-0.2, -0.15) is 0 Å². The fourth-order valence-corrected chi connectivity index (χ4v) is 4.06. The van der Waals surface area contributed by atoms with E-state index in [1.165, 1.54) is 11.3 Å². The van der Waals surface area contributed by atoms with E-state index in [9.17, 15) is 4.79 Å². The standard InChI is InChI=1S/C21H36N4O4S/c1-5-22-21(23-10-7-11-28-14-17-8-12-27-13-9-17)25-16(4)19-24-15(3)18(30-19)20(26)29-6-2/h16-17H,5-14H2,1-4H3,(H2,22,23,25). The first kappa shape index (κ1) is 24.6. The van der Waals surface area contributed by atoms with Gasteiger partial charge in [-0.25, -0.2) is 9.78 Å². The van der Waals surface area contributed by atoms with Gasteiger partial charge in [0.25, 0.3) is 0 Å². The van der Waals surface area contributed by atoms with Gasteiger partial charge in [-0.3, -0.25) is 4.99 Å². The summed E-state index contributed by atoms with van der Waals surface area (Å²) in [5, 5.41) is 7.46. The number of carbonyl (C=O) groups excluding carboxylic acids is 1. The van der Waals surface area contributed by atoms with E-state index in [1.807, 2.05) is 20.8 Å². The summed E-state index contributed by atoms with van der Waals surface area (Å²) < 4.78 is 16.3. The molecule has 0 spiro atoms. The lowest BCUT2D eigenvalue weighted by Crippen LogP contribution is -2.38. The van der Waals surface area contributed by atoms with E-state index in [-0.39, 0.29) is 12.0 Å². The molecule has 1 aromatic rings. The van der Waals surface area contributed by atoms with Crippen LogP contribution in [0.4, 0.5) is 0 Å². The van der Waals surface area contributed by atoms with E-state index >= 15 is 0 Å². The van der Waals surface area contributed by atoms with Crippen LogP contribution >= 0.6 is 11.3 Å². The lowest BCUT2D eigenvalue weighted by molar-refractivity contribution is 0.0205. The highest BCUT2D eigenvalue weighted by Crippen LogP contribution is 2.24. The summed E-state index contributed by atoms with van der Waals surface area (Å²) in [6.45, 7) is 12.7. The van der Waals surface area contributed by atoms with E-state index in [0.29, 0.717) is 36.2 Å². The Morgan fingerprint density at radius 3 is 2.83 bits per heavy atom. The largest absolute Gasteiger partial charge is 0.462 e. The van der Waals surface area contributed by atoms with Crippen LogP contribution in [0, 0.1) is 12.8 Å². The topological polar surface area (TPSA) is 94.1 Å². The normalized spacial score (nSPS) is 16.3. The number of aliphatic imine (C=N–C) groups is 1. The predicted octanol–water partition coefficient (Wildman–Crippen LogP) is 3.08. The van der Waals surface area contributed by atoms with Gasteiger partial charge in [-0.05, 0) is 52.9 Å². The van der Waals surface area contributed by atoms with Crippen molar-refractivity contribution in [3.63, 3.8) is 0 Å². The fraction of sp³-hybridized carbons (Fsp3) is 0.762. The molecule has 1 aliphatic rings. The number of ether oxygens (including phenoxy) is 3. The molecule has 2 N–H and O–H groups in total. The molecule has 9 heteroatoms. The highest BCUT2D eigenvalue weighted by Gasteiger charge is 2.20. The van der Waals surface area contributed by atoms with Crippen molar-refractivity contribution in [3.05, 3.63) is 15.6 Å². The lowest BCUT2D eigenvalue weighted by Gasteiger charge is -2.21. The third-order valence-electron chi connectivity index (χ3n) is 4.75. The van der Waals surface area contributed by atoms with Crippen molar-refractivity contribution < 1.29 is 19.0 Å². The van der Waals surface area contributed by atoms with Crippen molar-refractivity contribution in [2.45, 2.75) is 53.0 Å². The third kappa shape index (κ3) is 8.20. The number of hydrogen-bond donors (Lipinski definition) is 2.